The quantitative estimate of drug-likeness (QED) is 0.628. The van der Waals surface area contributed by atoms with Gasteiger partial charge in [-0.3, -0.25) is 14.5 Å². The number of amides is 2. The molecule has 1 N–H and O–H groups in total. The Morgan fingerprint density at radius 2 is 1.64 bits per heavy atom. The molecule has 2 aromatic carbocycles. The van der Waals surface area contributed by atoms with Crippen LogP contribution in [0, 0.1) is 12.8 Å². The molecule has 1 aliphatic heterocycles. The van der Waals surface area contributed by atoms with Crippen molar-refractivity contribution in [1.29, 1.82) is 0 Å². The third-order valence-electron chi connectivity index (χ3n) is 5.89. The van der Waals surface area contributed by atoms with Gasteiger partial charge < -0.3 is 10.2 Å². The predicted octanol–water partition coefficient (Wildman–Crippen LogP) is 3.73. The summed E-state index contributed by atoms with van der Waals surface area (Å²) in [5.74, 6) is 0.0988. The Labute approximate surface area is 195 Å². The molecule has 1 aromatic heterocycles. The summed E-state index contributed by atoms with van der Waals surface area (Å²) in [5.41, 5.74) is 3.67. The fourth-order valence-electron chi connectivity index (χ4n) is 3.83. The number of anilines is 1. The largest absolute Gasteiger partial charge is 0.335 e. The number of carbonyl (C=O) groups is 2. The van der Waals surface area contributed by atoms with Crippen molar-refractivity contribution < 1.29 is 9.59 Å². The van der Waals surface area contributed by atoms with E-state index >= 15 is 0 Å². The Bertz CT molecular complexity index is 1100. The smallest absolute Gasteiger partial charge is 0.274 e. The lowest BCUT2D eigenvalue weighted by molar-refractivity contribution is -0.118. The fourth-order valence-corrected chi connectivity index (χ4v) is 3.83. The first kappa shape index (κ1) is 22.7. The third kappa shape index (κ3) is 5.49. The molecule has 7 nitrogen and oxygen atoms in total. The second kappa shape index (κ2) is 10.0. The molecule has 33 heavy (non-hydrogen) atoms. The van der Waals surface area contributed by atoms with Crippen LogP contribution in [-0.4, -0.2) is 57.6 Å². The van der Waals surface area contributed by atoms with Crippen LogP contribution >= 0.6 is 0 Å². The van der Waals surface area contributed by atoms with Gasteiger partial charge in [0.15, 0.2) is 5.69 Å². The highest BCUT2D eigenvalue weighted by atomic mass is 16.2. The number of piperazine rings is 1. The summed E-state index contributed by atoms with van der Waals surface area (Å²) in [4.78, 5) is 29.8. The first-order valence-electron chi connectivity index (χ1n) is 11.4. The van der Waals surface area contributed by atoms with Crippen molar-refractivity contribution in [1.82, 2.24) is 19.6 Å². The van der Waals surface area contributed by atoms with E-state index < -0.39 is 0 Å². The molecule has 0 spiro atoms. The molecule has 1 saturated heterocycles. The Balaban J connectivity index is 1.46. The molecule has 2 amide bonds. The van der Waals surface area contributed by atoms with Crippen LogP contribution in [0.5, 0.6) is 0 Å². The number of nitrogens with one attached hydrogen (secondary N) is 1. The molecule has 1 aliphatic rings. The highest BCUT2D eigenvalue weighted by Gasteiger charge is 2.26. The second-order valence-electron chi connectivity index (χ2n) is 8.86. The molecule has 0 radical (unpaired) electrons. The van der Waals surface area contributed by atoms with Crippen molar-refractivity contribution in [3.63, 3.8) is 0 Å². The minimum absolute atomic E-state index is 0.111. The van der Waals surface area contributed by atoms with E-state index in [2.05, 4.69) is 46.5 Å². The zero-order chi connectivity index (χ0) is 23.4. The summed E-state index contributed by atoms with van der Waals surface area (Å²) >= 11 is 0. The molecule has 7 heteroatoms. The number of carbonyl (C=O) groups excluding carboxylic acids is 2. The normalized spacial score (nSPS) is 14.5. The van der Waals surface area contributed by atoms with Gasteiger partial charge in [0, 0.05) is 44.7 Å². The molecule has 3 aromatic rings. The highest BCUT2D eigenvalue weighted by Crippen LogP contribution is 2.20. The van der Waals surface area contributed by atoms with Crippen LogP contribution in [0.3, 0.4) is 0 Å². The Morgan fingerprint density at radius 1 is 0.970 bits per heavy atom. The first-order valence-corrected chi connectivity index (χ1v) is 11.4. The van der Waals surface area contributed by atoms with Gasteiger partial charge in [0.1, 0.15) is 5.82 Å². The standard InChI is InChI=1S/C26H31N5O2/c1-19(2)25(32)27-24-17-23(28-31(24)22-7-5-4-6-8-22)26(33)30-15-13-29(14-16-30)18-21-11-9-20(3)10-12-21/h4-12,17,19H,13-16,18H2,1-3H3,(H,27,32). The number of aryl methyl sites for hydroxylation is 1. The monoisotopic (exact) mass is 445 g/mol. The average Bonchev–Trinajstić information content (AvgIpc) is 3.25. The van der Waals surface area contributed by atoms with E-state index in [9.17, 15) is 9.59 Å². The van der Waals surface area contributed by atoms with E-state index in [1.807, 2.05) is 49.1 Å². The predicted molar refractivity (Wildman–Crippen MR) is 129 cm³/mol. The summed E-state index contributed by atoms with van der Waals surface area (Å²) in [6.07, 6.45) is 0. The molecule has 0 aliphatic carbocycles. The van der Waals surface area contributed by atoms with Gasteiger partial charge in [0.25, 0.3) is 5.91 Å². The second-order valence-corrected chi connectivity index (χ2v) is 8.86. The van der Waals surface area contributed by atoms with Crippen LogP contribution in [0.25, 0.3) is 5.69 Å². The SMILES string of the molecule is Cc1ccc(CN2CCN(C(=O)c3cc(NC(=O)C(C)C)n(-c4ccccc4)n3)CC2)cc1. The molecular formula is C26H31N5O2. The number of benzene rings is 2. The minimum Gasteiger partial charge on any atom is -0.335 e. The van der Waals surface area contributed by atoms with E-state index in [0.29, 0.717) is 24.6 Å². The zero-order valence-electron chi connectivity index (χ0n) is 19.5. The summed E-state index contributed by atoms with van der Waals surface area (Å²) < 4.78 is 1.63. The van der Waals surface area contributed by atoms with Crippen molar-refractivity contribution in [2.24, 2.45) is 5.92 Å². The Morgan fingerprint density at radius 3 is 2.27 bits per heavy atom. The molecule has 4 rings (SSSR count). The maximum Gasteiger partial charge on any atom is 0.274 e. The fraction of sp³-hybridized carbons (Fsp3) is 0.346. The molecular weight excluding hydrogens is 414 g/mol. The lowest BCUT2D eigenvalue weighted by Gasteiger charge is -2.34. The highest BCUT2D eigenvalue weighted by molar-refractivity contribution is 5.96. The van der Waals surface area contributed by atoms with Gasteiger partial charge in [-0.1, -0.05) is 61.9 Å². The van der Waals surface area contributed by atoms with E-state index in [4.69, 9.17) is 0 Å². The molecule has 172 valence electrons. The Hall–Kier alpha value is -3.45. The number of hydrogen-bond donors (Lipinski definition) is 1. The van der Waals surface area contributed by atoms with E-state index in [1.54, 1.807) is 10.7 Å². The van der Waals surface area contributed by atoms with Crippen LogP contribution in [0.1, 0.15) is 35.5 Å². The van der Waals surface area contributed by atoms with Crippen LogP contribution in [-0.2, 0) is 11.3 Å². The van der Waals surface area contributed by atoms with E-state index in [0.717, 1.165) is 25.3 Å². The van der Waals surface area contributed by atoms with Crippen LogP contribution in [0.4, 0.5) is 5.82 Å². The number of para-hydroxylation sites is 1. The van der Waals surface area contributed by atoms with Gasteiger partial charge in [-0.05, 0) is 24.6 Å². The first-order chi connectivity index (χ1) is 15.9. The summed E-state index contributed by atoms with van der Waals surface area (Å²) in [7, 11) is 0. The molecule has 0 unspecified atom stereocenters. The minimum atomic E-state index is -0.176. The zero-order valence-corrected chi connectivity index (χ0v) is 19.5. The number of rotatable bonds is 6. The van der Waals surface area contributed by atoms with Gasteiger partial charge in [-0.25, -0.2) is 4.68 Å². The van der Waals surface area contributed by atoms with Crippen molar-refractivity contribution >= 4 is 17.6 Å². The Kier molecular flexibility index (Phi) is 6.89. The third-order valence-corrected chi connectivity index (χ3v) is 5.89. The molecule has 1 fully saturated rings. The summed E-state index contributed by atoms with van der Waals surface area (Å²) in [6, 6.07) is 19.8. The van der Waals surface area contributed by atoms with Crippen LogP contribution in [0.2, 0.25) is 0 Å². The van der Waals surface area contributed by atoms with Gasteiger partial charge in [0.2, 0.25) is 5.91 Å². The molecule has 0 bridgehead atoms. The maximum absolute atomic E-state index is 13.2. The maximum atomic E-state index is 13.2. The van der Waals surface area contributed by atoms with Crippen molar-refractivity contribution in [3.8, 4) is 5.69 Å². The summed E-state index contributed by atoms with van der Waals surface area (Å²) in [6.45, 7) is 9.57. The molecule has 0 atom stereocenters. The lowest BCUT2D eigenvalue weighted by Crippen LogP contribution is -2.48. The number of nitrogens with zero attached hydrogens (tertiary/aromatic N) is 4. The summed E-state index contributed by atoms with van der Waals surface area (Å²) in [5, 5.41) is 7.47. The number of aromatic nitrogens is 2. The van der Waals surface area contributed by atoms with Gasteiger partial charge >= 0.3 is 0 Å². The topological polar surface area (TPSA) is 70.5 Å². The van der Waals surface area contributed by atoms with Gasteiger partial charge in [-0.15, -0.1) is 0 Å². The van der Waals surface area contributed by atoms with Crippen LogP contribution < -0.4 is 5.32 Å². The van der Waals surface area contributed by atoms with Crippen molar-refractivity contribution in [2.75, 3.05) is 31.5 Å². The van der Waals surface area contributed by atoms with Crippen LogP contribution in [0.15, 0.2) is 60.7 Å². The van der Waals surface area contributed by atoms with Gasteiger partial charge in [-0.2, -0.15) is 5.10 Å². The van der Waals surface area contributed by atoms with Crippen molar-refractivity contribution in [3.05, 3.63) is 77.5 Å². The van der Waals surface area contributed by atoms with E-state index in [1.165, 1.54) is 11.1 Å². The van der Waals surface area contributed by atoms with E-state index in [-0.39, 0.29) is 17.7 Å². The molecule has 2 heterocycles. The van der Waals surface area contributed by atoms with Gasteiger partial charge in [0.05, 0.1) is 5.69 Å². The average molecular weight is 446 g/mol. The van der Waals surface area contributed by atoms with Crippen molar-refractivity contribution in [2.45, 2.75) is 27.3 Å². The lowest BCUT2D eigenvalue weighted by atomic mass is 10.1. The molecule has 0 saturated carbocycles. The number of hydrogen-bond acceptors (Lipinski definition) is 4.